The molecule has 5 heteroatoms. The number of morpholine rings is 1. The number of hydrogen-bond acceptors (Lipinski definition) is 4. The SMILES string of the molecule is Cc1cc(C)c(C(=O)NCC(c2ccsc2)N2CCOCC2)c(C)c1. The monoisotopic (exact) mass is 358 g/mol. The predicted octanol–water partition coefficient (Wildman–Crippen LogP) is 3.48. The highest BCUT2D eigenvalue weighted by atomic mass is 32.1. The summed E-state index contributed by atoms with van der Waals surface area (Å²) in [6.07, 6.45) is 0. The average Bonchev–Trinajstić information content (AvgIpc) is 3.09. The molecule has 1 amide bonds. The normalized spacial score (nSPS) is 16.6. The lowest BCUT2D eigenvalue weighted by Crippen LogP contribution is -2.43. The van der Waals surface area contributed by atoms with Crippen LogP contribution in [0.4, 0.5) is 0 Å². The zero-order valence-corrected chi connectivity index (χ0v) is 16.0. The Balaban J connectivity index is 1.74. The quantitative estimate of drug-likeness (QED) is 0.890. The Kier molecular flexibility index (Phi) is 5.89. The molecule has 1 atom stereocenters. The van der Waals surface area contributed by atoms with Gasteiger partial charge in [0.2, 0.25) is 0 Å². The fraction of sp³-hybridized carbons (Fsp3) is 0.450. The molecule has 1 unspecified atom stereocenters. The van der Waals surface area contributed by atoms with Gasteiger partial charge in [0.1, 0.15) is 0 Å². The van der Waals surface area contributed by atoms with Crippen LogP contribution in [0.2, 0.25) is 0 Å². The van der Waals surface area contributed by atoms with Crippen LogP contribution in [0.1, 0.15) is 38.7 Å². The molecule has 3 rings (SSSR count). The van der Waals surface area contributed by atoms with E-state index in [4.69, 9.17) is 4.74 Å². The number of hydrogen-bond donors (Lipinski definition) is 1. The van der Waals surface area contributed by atoms with Crippen molar-refractivity contribution in [3.8, 4) is 0 Å². The van der Waals surface area contributed by atoms with Crippen LogP contribution in [0.15, 0.2) is 29.0 Å². The summed E-state index contributed by atoms with van der Waals surface area (Å²) < 4.78 is 5.48. The minimum Gasteiger partial charge on any atom is -0.379 e. The van der Waals surface area contributed by atoms with E-state index in [1.165, 1.54) is 11.1 Å². The van der Waals surface area contributed by atoms with Crippen LogP contribution >= 0.6 is 11.3 Å². The molecule has 0 saturated carbocycles. The maximum absolute atomic E-state index is 12.8. The number of benzene rings is 1. The van der Waals surface area contributed by atoms with Gasteiger partial charge < -0.3 is 10.1 Å². The van der Waals surface area contributed by atoms with Gasteiger partial charge in [0.05, 0.1) is 19.3 Å². The number of thiophene rings is 1. The average molecular weight is 359 g/mol. The third-order valence-electron chi connectivity index (χ3n) is 4.77. The van der Waals surface area contributed by atoms with E-state index in [0.29, 0.717) is 6.54 Å². The van der Waals surface area contributed by atoms with Crippen molar-refractivity contribution in [3.63, 3.8) is 0 Å². The highest BCUT2D eigenvalue weighted by molar-refractivity contribution is 7.07. The van der Waals surface area contributed by atoms with Gasteiger partial charge >= 0.3 is 0 Å². The van der Waals surface area contributed by atoms with Gasteiger partial charge in [0.15, 0.2) is 0 Å². The van der Waals surface area contributed by atoms with Crippen molar-refractivity contribution >= 4 is 17.2 Å². The first-order valence-corrected chi connectivity index (χ1v) is 9.70. The Labute approximate surface area is 153 Å². The van der Waals surface area contributed by atoms with Crippen molar-refractivity contribution in [1.82, 2.24) is 10.2 Å². The summed E-state index contributed by atoms with van der Waals surface area (Å²) in [7, 11) is 0. The maximum atomic E-state index is 12.8. The summed E-state index contributed by atoms with van der Waals surface area (Å²) in [5.74, 6) is 0.0171. The molecule has 25 heavy (non-hydrogen) atoms. The number of amides is 1. The molecule has 1 aliphatic heterocycles. The fourth-order valence-corrected chi connectivity index (χ4v) is 4.33. The second-order valence-corrected chi connectivity index (χ2v) is 7.48. The summed E-state index contributed by atoms with van der Waals surface area (Å²) in [5, 5.41) is 7.44. The molecule has 2 heterocycles. The number of nitrogens with zero attached hydrogens (tertiary/aromatic N) is 1. The van der Waals surface area contributed by atoms with Crippen LogP contribution in [0.25, 0.3) is 0 Å². The minimum atomic E-state index is 0.0171. The fourth-order valence-electron chi connectivity index (χ4n) is 3.63. The van der Waals surface area contributed by atoms with E-state index in [1.54, 1.807) is 11.3 Å². The van der Waals surface area contributed by atoms with Crippen molar-refractivity contribution in [1.29, 1.82) is 0 Å². The van der Waals surface area contributed by atoms with Gasteiger partial charge in [-0.05, 0) is 54.3 Å². The molecule has 4 nitrogen and oxygen atoms in total. The first-order chi connectivity index (χ1) is 12.1. The van der Waals surface area contributed by atoms with Gasteiger partial charge in [-0.2, -0.15) is 11.3 Å². The van der Waals surface area contributed by atoms with E-state index in [1.807, 2.05) is 13.8 Å². The molecule has 1 saturated heterocycles. The zero-order chi connectivity index (χ0) is 17.8. The van der Waals surface area contributed by atoms with Crippen LogP contribution in [-0.2, 0) is 4.74 Å². The van der Waals surface area contributed by atoms with Gasteiger partial charge in [0, 0.05) is 25.2 Å². The Bertz CT molecular complexity index is 698. The Morgan fingerprint density at radius 2 is 1.92 bits per heavy atom. The highest BCUT2D eigenvalue weighted by Crippen LogP contribution is 2.24. The molecular formula is C20H26N2O2S. The molecule has 134 valence electrons. The maximum Gasteiger partial charge on any atom is 0.251 e. The predicted molar refractivity (Wildman–Crippen MR) is 102 cm³/mol. The number of rotatable bonds is 5. The molecule has 0 radical (unpaired) electrons. The van der Waals surface area contributed by atoms with Gasteiger partial charge in [0.25, 0.3) is 5.91 Å². The van der Waals surface area contributed by atoms with Crippen molar-refractivity contribution in [2.24, 2.45) is 0 Å². The summed E-state index contributed by atoms with van der Waals surface area (Å²) in [5.41, 5.74) is 5.33. The van der Waals surface area contributed by atoms with Gasteiger partial charge in [-0.3, -0.25) is 9.69 Å². The summed E-state index contributed by atoms with van der Waals surface area (Å²) in [6, 6.07) is 6.49. The van der Waals surface area contributed by atoms with E-state index in [-0.39, 0.29) is 11.9 Å². The standard InChI is InChI=1S/C20H26N2O2S/c1-14-10-15(2)19(16(3)11-14)20(23)21-12-18(17-4-9-25-13-17)22-5-7-24-8-6-22/h4,9-11,13,18H,5-8,12H2,1-3H3,(H,21,23). The second-order valence-electron chi connectivity index (χ2n) is 6.70. The second kappa shape index (κ2) is 8.13. The lowest BCUT2D eigenvalue weighted by molar-refractivity contribution is 0.0163. The third kappa shape index (κ3) is 4.29. The number of nitrogens with one attached hydrogen (secondary N) is 1. The molecule has 1 fully saturated rings. The van der Waals surface area contributed by atoms with E-state index >= 15 is 0 Å². The molecule has 0 bridgehead atoms. The molecule has 1 aliphatic rings. The minimum absolute atomic E-state index is 0.0171. The molecule has 0 aliphatic carbocycles. The van der Waals surface area contributed by atoms with Gasteiger partial charge in [-0.25, -0.2) is 0 Å². The van der Waals surface area contributed by atoms with Crippen LogP contribution in [-0.4, -0.2) is 43.7 Å². The smallest absolute Gasteiger partial charge is 0.251 e. The van der Waals surface area contributed by atoms with E-state index < -0.39 is 0 Å². The van der Waals surface area contributed by atoms with Crippen LogP contribution < -0.4 is 5.32 Å². The van der Waals surface area contributed by atoms with Crippen molar-refractivity contribution in [2.45, 2.75) is 26.8 Å². The third-order valence-corrected chi connectivity index (χ3v) is 5.48. The summed E-state index contributed by atoms with van der Waals surface area (Å²) in [6.45, 7) is 10.0. The van der Waals surface area contributed by atoms with Crippen LogP contribution in [0, 0.1) is 20.8 Å². The Hall–Kier alpha value is -1.69. The number of carbonyl (C=O) groups excluding carboxylic acids is 1. The Morgan fingerprint density at radius 3 is 2.52 bits per heavy atom. The number of aryl methyl sites for hydroxylation is 3. The van der Waals surface area contributed by atoms with Crippen molar-refractivity contribution in [2.75, 3.05) is 32.8 Å². The first kappa shape index (κ1) is 18.1. The number of carbonyl (C=O) groups is 1. The van der Waals surface area contributed by atoms with Crippen molar-refractivity contribution in [3.05, 3.63) is 56.8 Å². The molecule has 1 aromatic carbocycles. The number of ether oxygens (including phenoxy) is 1. The van der Waals surface area contributed by atoms with E-state index in [9.17, 15) is 4.79 Å². The molecular weight excluding hydrogens is 332 g/mol. The summed E-state index contributed by atoms with van der Waals surface area (Å²) in [4.78, 5) is 15.2. The highest BCUT2D eigenvalue weighted by Gasteiger charge is 2.24. The molecule has 2 aromatic rings. The lowest BCUT2D eigenvalue weighted by atomic mass is 9.99. The lowest BCUT2D eigenvalue weighted by Gasteiger charge is -2.34. The molecule has 0 spiro atoms. The Morgan fingerprint density at radius 1 is 1.24 bits per heavy atom. The van der Waals surface area contributed by atoms with E-state index in [2.05, 4.69) is 46.1 Å². The van der Waals surface area contributed by atoms with Gasteiger partial charge in [-0.1, -0.05) is 17.7 Å². The van der Waals surface area contributed by atoms with E-state index in [0.717, 1.165) is 43.0 Å². The first-order valence-electron chi connectivity index (χ1n) is 8.76. The molecule has 1 aromatic heterocycles. The van der Waals surface area contributed by atoms with Crippen molar-refractivity contribution < 1.29 is 9.53 Å². The van der Waals surface area contributed by atoms with Crippen LogP contribution in [0.3, 0.4) is 0 Å². The summed E-state index contributed by atoms with van der Waals surface area (Å²) >= 11 is 1.70. The van der Waals surface area contributed by atoms with Gasteiger partial charge in [-0.15, -0.1) is 0 Å². The molecule has 1 N–H and O–H groups in total. The zero-order valence-electron chi connectivity index (χ0n) is 15.2. The topological polar surface area (TPSA) is 41.6 Å². The van der Waals surface area contributed by atoms with Crippen LogP contribution in [0.5, 0.6) is 0 Å². The largest absolute Gasteiger partial charge is 0.379 e.